The van der Waals surface area contributed by atoms with Crippen molar-refractivity contribution in [3.05, 3.63) is 113 Å². The van der Waals surface area contributed by atoms with Crippen molar-refractivity contribution in [2.45, 2.75) is 37.8 Å². The van der Waals surface area contributed by atoms with Crippen LogP contribution in [0, 0.1) is 11.7 Å². The second kappa shape index (κ2) is 10.0. The SMILES string of the molecule is CC1=NC2=C(C(=O)C[C@@H](c3ccccc3)C2)[C@H](c2ccccc2C(F)(F)F)C1C(=O)Nc1ccccc1F. The number of carbonyl (C=O) groups excluding carboxylic acids is 2. The van der Waals surface area contributed by atoms with E-state index in [4.69, 9.17) is 0 Å². The van der Waals surface area contributed by atoms with E-state index in [-0.39, 0.29) is 40.7 Å². The number of nitrogens with zero attached hydrogens (tertiary/aromatic N) is 1. The molecule has 1 N–H and O–H groups in total. The molecule has 38 heavy (non-hydrogen) atoms. The first kappa shape index (κ1) is 25.6. The van der Waals surface area contributed by atoms with E-state index in [0.29, 0.717) is 12.1 Å². The molecule has 194 valence electrons. The molecule has 2 aliphatic rings. The molecular formula is C30H24F4N2O2. The maximum Gasteiger partial charge on any atom is 0.416 e. The second-order valence-corrected chi connectivity index (χ2v) is 9.56. The van der Waals surface area contributed by atoms with Gasteiger partial charge in [0.1, 0.15) is 5.82 Å². The first-order chi connectivity index (χ1) is 18.1. The van der Waals surface area contributed by atoms with Crippen LogP contribution in [-0.2, 0) is 15.8 Å². The Hall–Kier alpha value is -4.07. The number of para-hydroxylation sites is 1. The lowest BCUT2D eigenvalue weighted by atomic mass is 9.68. The number of halogens is 4. The van der Waals surface area contributed by atoms with Gasteiger partial charge in [0.15, 0.2) is 5.78 Å². The van der Waals surface area contributed by atoms with E-state index >= 15 is 0 Å². The first-order valence-electron chi connectivity index (χ1n) is 12.2. The number of hydrogen-bond acceptors (Lipinski definition) is 3. The van der Waals surface area contributed by atoms with Gasteiger partial charge in [0.2, 0.25) is 5.91 Å². The zero-order valence-corrected chi connectivity index (χ0v) is 20.4. The number of carbonyl (C=O) groups is 2. The molecule has 1 aliphatic carbocycles. The third-order valence-electron chi connectivity index (χ3n) is 7.18. The van der Waals surface area contributed by atoms with Crippen molar-refractivity contribution in [2.75, 3.05) is 5.32 Å². The zero-order chi connectivity index (χ0) is 27.0. The largest absolute Gasteiger partial charge is 0.416 e. The van der Waals surface area contributed by atoms with Crippen molar-refractivity contribution in [1.29, 1.82) is 0 Å². The van der Waals surface area contributed by atoms with Crippen LogP contribution in [0.3, 0.4) is 0 Å². The lowest BCUT2D eigenvalue weighted by Crippen LogP contribution is -2.40. The molecule has 1 unspecified atom stereocenters. The van der Waals surface area contributed by atoms with Gasteiger partial charge in [-0.05, 0) is 48.6 Å². The van der Waals surface area contributed by atoms with Crippen LogP contribution in [0.5, 0.6) is 0 Å². The number of allylic oxidation sites excluding steroid dienone is 2. The summed E-state index contributed by atoms with van der Waals surface area (Å²) in [4.78, 5) is 31.8. The maximum absolute atomic E-state index is 14.3. The molecular weight excluding hydrogens is 496 g/mol. The van der Waals surface area contributed by atoms with Crippen molar-refractivity contribution in [2.24, 2.45) is 10.9 Å². The minimum Gasteiger partial charge on any atom is -0.323 e. The Kier molecular flexibility index (Phi) is 6.73. The van der Waals surface area contributed by atoms with Crippen LogP contribution in [0.25, 0.3) is 0 Å². The smallest absolute Gasteiger partial charge is 0.323 e. The number of ketones is 1. The number of hydrogen-bond donors (Lipinski definition) is 1. The van der Waals surface area contributed by atoms with Crippen LogP contribution in [0.15, 0.2) is 95.1 Å². The predicted molar refractivity (Wildman–Crippen MR) is 136 cm³/mol. The molecule has 0 bridgehead atoms. The van der Waals surface area contributed by atoms with Gasteiger partial charge in [0.25, 0.3) is 0 Å². The third kappa shape index (κ3) is 4.78. The fourth-order valence-corrected chi connectivity index (χ4v) is 5.50. The Morgan fingerprint density at radius 3 is 2.29 bits per heavy atom. The first-order valence-corrected chi connectivity index (χ1v) is 12.2. The van der Waals surface area contributed by atoms with E-state index in [9.17, 15) is 27.2 Å². The summed E-state index contributed by atoms with van der Waals surface area (Å²) in [5.41, 5.74) is 0.507. The third-order valence-corrected chi connectivity index (χ3v) is 7.18. The summed E-state index contributed by atoms with van der Waals surface area (Å²) in [6.07, 6.45) is -4.27. The van der Waals surface area contributed by atoms with Gasteiger partial charge in [0.05, 0.1) is 17.2 Å². The lowest BCUT2D eigenvalue weighted by Gasteiger charge is -2.37. The van der Waals surface area contributed by atoms with Crippen LogP contribution in [0.4, 0.5) is 23.2 Å². The molecule has 3 aromatic carbocycles. The quantitative estimate of drug-likeness (QED) is 0.375. The molecule has 0 saturated heterocycles. The summed E-state index contributed by atoms with van der Waals surface area (Å²) in [6, 6.07) is 19.9. The number of aliphatic imine (C=N–C) groups is 1. The highest BCUT2D eigenvalue weighted by atomic mass is 19.4. The van der Waals surface area contributed by atoms with E-state index in [1.54, 1.807) is 6.92 Å². The van der Waals surface area contributed by atoms with Crippen molar-refractivity contribution in [3.8, 4) is 0 Å². The molecule has 3 aromatic rings. The van der Waals surface area contributed by atoms with Crippen molar-refractivity contribution >= 4 is 23.1 Å². The van der Waals surface area contributed by atoms with Gasteiger partial charge in [-0.2, -0.15) is 13.2 Å². The summed E-state index contributed by atoms with van der Waals surface area (Å²) in [5.74, 6) is -4.41. The van der Waals surface area contributed by atoms with E-state index in [1.807, 2.05) is 30.3 Å². The number of Topliss-reactive ketones (excluding diaryl/α,β-unsaturated/α-hetero) is 1. The molecule has 1 amide bonds. The Bertz CT molecular complexity index is 1460. The summed E-state index contributed by atoms with van der Waals surface area (Å²) >= 11 is 0. The summed E-state index contributed by atoms with van der Waals surface area (Å²) in [6.45, 7) is 1.56. The molecule has 1 aliphatic heterocycles. The number of rotatable bonds is 4. The lowest BCUT2D eigenvalue weighted by molar-refractivity contribution is -0.138. The van der Waals surface area contributed by atoms with Gasteiger partial charge < -0.3 is 5.32 Å². The Morgan fingerprint density at radius 1 is 0.921 bits per heavy atom. The number of benzene rings is 3. The molecule has 4 nitrogen and oxygen atoms in total. The maximum atomic E-state index is 14.3. The topological polar surface area (TPSA) is 58.5 Å². The highest BCUT2D eigenvalue weighted by Crippen LogP contribution is 2.49. The van der Waals surface area contributed by atoms with Gasteiger partial charge >= 0.3 is 6.18 Å². The number of amides is 1. The van der Waals surface area contributed by atoms with Gasteiger partial charge in [-0.25, -0.2) is 4.39 Å². The standard InChI is InChI=1S/C30H24F4N2O2/c1-17-26(29(38)36-23-14-8-7-13-22(23)31)27(20-11-5-6-12-21(20)30(32,33)34)28-24(35-17)15-19(16-25(28)37)18-9-3-2-4-10-18/h2-14,19,26-27H,15-16H2,1H3,(H,36,38)/t19-,26?,27+/m0/s1. The fraction of sp³-hybridized carbons (Fsp3) is 0.233. The molecule has 0 fully saturated rings. The predicted octanol–water partition coefficient (Wildman–Crippen LogP) is 7.06. The van der Waals surface area contributed by atoms with Gasteiger partial charge in [0, 0.05) is 29.3 Å². The molecule has 0 spiro atoms. The molecule has 0 aromatic heterocycles. The molecule has 0 radical (unpaired) electrons. The van der Waals surface area contributed by atoms with E-state index < -0.39 is 35.3 Å². The van der Waals surface area contributed by atoms with Gasteiger partial charge in [-0.3, -0.25) is 14.6 Å². The van der Waals surface area contributed by atoms with E-state index in [0.717, 1.165) is 11.6 Å². The highest BCUT2D eigenvalue weighted by molar-refractivity contribution is 6.13. The number of nitrogens with one attached hydrogen (secondary N) is 1. The minimum absolute atomic E-state index is 0.0871. The Morgan fingerprint density at radius 2 is 1.58 bits per heavy atom. The van der Waals surface area contributed by atoms with Crippen molar-refractivity contribution in [3.63, 3.8) is 0 Å². The summed E-state index contributed by atoms with van der Waals surface area (Å²) < 4.78 is 56.8. The molecule has 0 saturated carbocycles. The average Bonchev–Trinajstić information content (AvgIpc) is 2.89. The van der Waals surface area contributed by atoms with Crippen LogP contribution in [-0.4, -0.2) is 17.4 Å². The summed E-state index contributed by atoms with van der Waals surface area (Å²) in [5, 5.41) is 2.50. The molecule has 3 atom stereocenters. The van der Waals surface area contributed by atoms with Crippen LogP contribution < -0.4 is 5.32 Å². The number of alkyl halides is 3. The van der Waals surface area contributed by atoms with E-state index in [1.165, 1.54) is 42.5 Å². The molecule has 1 heterocycles. The van der Waals surface area contributed by atoms with Crippen LogP contribution in [0.2, 0.25) is 0 Å². The fourth-order valence-electron chi connectivity index (χ4n) is 5.50. The monoisotopic (exact) mass is 520 g/mol. The van der Waals surface area contributed by atoms with Crippen molar-refractivity contribution < 1.29 is 27.2 Å². The Balaban J connectivity index is 1.64. The highest BCUT2D eigenvalue weighted by Gasteiger charge is 2.47. The zero-order valence-electron chi connectivity index (χ0n) is 20.4. The normalized spacial score (nSPS) is 21.6. The minimum atomic E-state index is -4.71. The Labute approximate surface area is 217 Å². The second-order valence-electron chi connectivity index (χ2n) is 9.56. The summed E-state index contributed by atoms with van der Waals surface area (Å²) in [7, 11) is 0. The van der Waals surface area contributed by atoms with Crippen molar-refractivity contribution in [1.82, 2.24) is 0 Å². The number of anilines is 1. The van der Waals surface area contributed by atoms with Crippen LogP contribution >= 0.6 is 0 Å². The van der Waals surface area contributed by atoms with Gasteiger partial charge in [-0.1, -0.05) is 60.7 Å². The van der Waals surface area contributed by atoms with Crippen LogP contribution in [0.1, 0.15) is 48.3 Å². The van der Waals surface area contributed by atoms with Gasteiger partial charge in [-0.15, -0.1) is 0 Å². The molecule has 8 heteroatoms. The average molecular weight is 521 g/mol. The molecule has 5 rings (SSSR count). The van der Waals surface area contributed by atoms with E-state index in [2.05, 4.69) is 10.3 Å².